The highest BCUT2D eigenvalue weighted by Gasteiger charge is 2.23. The predicted octanol–water partition coefficient (Wildman–Crippen LogP) is 1.59. The summed E-state index contributed by atoms with van der Waals surface area (Å²) in [5.41, 5.74) is 0.853. The van der Waals surface area contributed by atoms with Crippen LogP contribution in [-0.2, 0) is 0 Å². The smallest absolute Gasteiger partial charge is 0.320 e. The van der Waals surface area contributed by atoms with Crippen molar-refractivity contribution in [3.8, 4) is 0 Å². The molecule has 0 aromatic carbocycles. The predicted molar refractivity (Wildman–Crippen MR) is 75.7 cm³/mol. The van der Waals surface area contributed by atoms with Crippen molar-refractivity contribution in [2.75, 3.05) is 18.4 Å². The van der Waals surface area contributed by atoms with Crippen LogP contribution in [-0.4, -0.2) is 41.1 Å². The Hall–Kier alpha value is -1.63. The Morgan fingerprint density at radius 2 is 2.40 bits per heavy atom. The summed E-state index contributed by atoms with van der Waals surface area (Å²) in [5, 5.41) is 12.9. The lowest BCUT2D eigenvalue weighted by Gasteiger charge is -2.14. The van der Waals surface area contributed by atoms with Gasteiger partial charge < -0.3 is 10.6 Å². The minimum atomic E-state index is -0.810. The summed E-state index contributed by atoms with van der Waals surface area (Å²) < 4.78 is 14.8. The maximum absolute atomic E-state index is 13.0. The van der Waals surface area contributed by atoms with Crippen molar-refractivity contribution in [1.29, 1.82) is 0 Å². The number of nitrogens with one attached hydrogen (secondary N) is 3. The summed E-state index contributed by atoms with van der Waals surface area (Å²) in [6, 6.07) is 1.71. The summed E-state index contributed by atoms with van der Waals surface area (Å²) in [7, 11) is 0. The summed E-state index contributed by atoms with van der Waals surface area (Å²) in [4.78, 5) is 11.8. The molecule has 0 saturated carbocycles. The maximum atomic E-state index is 13.0. The number of urea groups is 1. The summed E-state index contributed by atoms with van der Waals surface area (Å²) in [6.07, 6.45) is -0.363. The third-order valence-electron chi connectivity index (χ3n) is 3.27. The molecule has 7 heteroatoms. The van der Waals surface area contributed by atoms with Crippen LogP contribution in [0.3, 0.4) is 0 Å². The van der Waals surface area contributed by atoms with Crippen LogP contribution < -0.4 is 16.0 Å². The summed E-state index contributed by atoms with van der Waals surface area (Å²) in [6.45, 7) is 6.67. The standard InChI is InChI=1S/C13H22FN5O/c1-8(2)19-12(4-9(3)18-19)17-13(20)16-7-11-5-10(14)6-15-11/h4,8,10-11,15H,5-7H2,1-3H3,(H2,16,17,20)/t10-,11-/m0/s1. The fourth-order valence-corrected chi connectivity index (χ4v) is 2.31. The second-order valence-corrected chi connectivity index (χ2v) is 5.48. The average molecular weight is 283 g/mol. The molecule has 0 unspecified atom stereocenters. The Bertz CT molecular complexity index is 473. The molecule has 20 heavy (non-hydrogen) atoms. The number of halogens is 1. The van der Waals surface area contributed by atoms with Crippen LogP contribution in [0.4, 0.5) is 15.0 Å². The highest BCUT2D eigenvalue weighted by atomic mass is 19.1. The number of alkyl halides is 1. The van der Waals surface area contributed by atoms with Gasteiger partial charge in [-0.25, -0.2) is 13.9 Å². The molecule has 0 aliphatic carbocycles. The van der Waals surface area contributed by atoms with E-state index in [0.29, 0.717) is 25.3 Å². The summed E-state index contributed by atoms with van der Waals surface area (Å²) >= 11 is 0. The molecule has 1 aliphatic heterocycles. The molecule has 1 saturated heterocycles. The first kappa shape index (κ1) is 14.8. The molecular formula is C13H22FN5O. The second-order valence-electron chi connectivity index (χ2n) is 5.48. The van der Waals surface area contributed by atoms with Crippen molar-refractivity contribution in [2.45, 2.75) is 45.4 Å². The number of aromatic nitrogens is 2. The van der Waals surface area contributed by atoms with E-state index in [4.69, 9.17) is 0 Å². The van der Waals surface area contributed by atoms with Crippen LogP contribution in [0.1, 0.15) is 32.0 Å². The van der Waals surface area contributed by atoms with Crippen molar-refractivity contribution < 1.29 is 9.18 Å². The lowest BCUT2D eigenvalue weighted by Crippen LogP contribution is -2.39. The van der Waals surface area contributed by atoms with E-state index in [-0.39, 0.29) is 18.1 Å². The van der Waals surface area contributed by atoms with Gasteiger partial charge in [0.2, 0.25) is 0 Å². The number of hydrogen-bond acceptors (Lipinski definition) is 3. The van der Waals surface area contributed by atoms with Gasteiger partial charge in [0.1, 0.15) is 12.0 Å². The van der Waals surface area contributed by atoms with Gasteiger partial charge in [0, 0.05) is 31.2 Å². The first-order valence-corrected chi connectivity index (χ1v) is 6.94. The zero-order valence-electron chi connectivity index (χ0n) is 12.1. The molecule has 2 atom stereocenters. The number of nitrogens with zero attached hydrogens (tertiary/aromatic N) is 2. The Balaban J connectivity index is 1.85. The molecule has 112 valence electrons. The van der Waals surface area contributed by atoms with Crippen LogP contribution >= 0.6 is 0 Å². The van der Waals surface area contributed by atoms with E-state index in [2.05, 4.69) is 21.0 Å². The zero-order chi connectivity index (χ0) is 14.7. The van der Waals surface area contributed by atoms with Gasteiger partial charge in [-0.1, -0.05) is 0 Å². The lowest BCUT2D eigenvalue weighted by molar-refractivity contribution is 0.250. The van der Waals surface area contributed by atoms with E-state index >= 15 is 0 Å². The molecule has 2 rings (SSSR count). The monoisotopic (exact) mass is 283 g/mol. The van der Waals surface area contributed by atoms with Gasteiger partial charge in [0.05, 0.1) is 5.69 Å². The Labute approximate surface area is 118 Å². The molecule has 1 aliphatic rings. The van der Waals surface area contributed by atoms with Crippen LogP contribution in [0.25, 0.3) is 0 Å². The number of hydrogen-bond donors (Lipinski definition) is 3. The Morgan fingerprint density at radius 3 is 3.00 bits per heavy atom. The highest BCUT2D eigenvalue weighted by molar-refractivity contribution is 5.88. The minimum absolute atomic E-state index is 0.00694. The third-order valence-corrected chi connectivity index (χ3v) is 3.27. The van der Waals surface area contributed by atoms with Crippen molar-refractivity contribution in [3.63, 3.8) is 0 Å². The Morgan fingerprint density at radius 1 is 1.65 bits per heavy atom. The quantitative estimate of drug-likeness (QED) is 0.786. The molecule has 3 N–H and O–H groups in total. The van der Waals surface area contributed by atoms with Gasteiger partial charge in [0.25, 0.3) is 0 Å². The van der Waals surface area contributed by atoms with E-state index in [0.717, 1.165) is 5.69 Å². The highest BCUT2D eigenvalue weighted by Crippen LogP contribution is 2.15. The van der Waals surface area contributed by atoms with E-state index in [1.165, 1.54) is 0 Å². The van der Waals surface area contributed by atoms with Gasteiger partial charge in [-0.3, -0.25) is 5.32 Å². The molecule has 0 bridgehead atoms. The summed E-state index contributed by atoms with van der Waals surface area (Å²) in [5.74, 6) is 0.665. The van der Waals surface area contributed by atoms with Crippen molar-refractivity contribution in [3.05, 3.63) is 11.8 Å². The number of anilines is 1. The van der Waals surface area contributed by atoms with E-state index in [1.54, 1.807) is 4.68 Å². The molecule has 1 aromatic rings. The van der Waals surface area contributed by atoms with E-state index in [1.807, 2.05) is 26.8 Å². The van der Waals surface area contributed by atoms with Gasteiger partial charge in [-0.05, 0) is 27.2 Å². The SMILES string of the molecule is Cc1cc(NC(=O)NC[C@@H]2C[C@H](F)CN2)n(C(C)C)n1. The van der Waals surface area contributed by atoms with Crippen LogP contribution in [0, 0.1) is 6.92 Å². The molecule has 0 radical (unpaired) electrons. The van der Waals surface area contributed by atoms with E-state index < -0.39 is 6.17 Å². The van der Waals surface area contributed by atoms with Crippen LogP contribution in [0.15, 0.2) is 6.07 Å². The molecule has 2 amide bonds. The van der Waals surface area contributed by atoms with Gasteiger partial charge in [0.15, 0.2) is 0 Å². The fraction of sp³-hybridized carbons (Fsp3) is 0.692. The van der Waals surface area contributed by atoms with Gasteiger partial charge in [-0.2, -0.15) is 5.10 Å². The number of aryl methyl sites for hydroxylation is 1. The Kier molecular flexibility index (Phi) is 4.59. The normalized spacial score (nSPS) is 22.2. The first-order chi connectivity index (χ1) is 9.45. The van der Waals surface area contributed by atoms with Crippen LogP contribution in [0.5, 0.6) is 0 Å². The maximum Gasteiger partial charge on any atom is 0.320 e. The fourth-order valence-electron chi connectivity index (χ4n) is 2.31. The molecule has 0 spiro atoms. The topological polar surface area (TPSA) is 71.0 Å². The number of rotatable bonds is 4. The number of carbonyl (C=O) groups is 1. The van der Waals surface area contributed by atoms with Crippen molar-refractivity contribution >= 4 is 11.8 Å². The lowest BCUT2D eigenvalue weighted by atomic mass is 10.2. The van der Waals surface area contributed by atoms with Crippen molar-refractivity contribution in [2.24, 2.45) is 0 Å². The third kappa shape index (κ3) is 3.69. The van der Waals surface area contributed by atoms with Gasteiger partial charge >= 0.3 is 6.03 Å². The first-order valence-electron chi connectivity index (χ1n) is 6.94. The molecule has 6 nitrogen and oxygen atoms in total. The molecular weight excluding hydrogens is 261 g/mol. The van der Waals surface area contributed by atoms with Crippen LogP contribution in [0.2, 0.25) is 0 Å². The zero-order valence-corrected chi connectivity index (χ0v) is 12.1. The number of amides is 2. The molecule has 2 heterocycles. The largest absolute Gasteiger partial charge is 0.336 e. The van der Waals surface area contributed by atoms with Crippen molar-refractivity contribution in [1.82, 2.24) is 20.4 Å². The molecule has 1 aromatic heterocycles. The van der Waals surface area contributed by atoms with Gasteiger partial charge in [-0.15, -0.1) is 0 Å². The molecule has 1 fully saturated rings. The minimum Gasteiger partial charge on any atom is -0.336 e. The van der Waals surface area contributed by atoms with E-state index in [9.17, 15) is 9.18 Å². The number of carbonyl (C=O) groups excluding carboxylic acids is 1. The average Bonchev–Trinajstić information content (AvgIpc) is 2.93. The second kappa shape index (κ2) is 6.21.